The van der Waals surface area contributed by atoms with Crippen LogP contribution < -0.4 is 0 Å². The van der Waals surface area contributed by atoms with E-state index in [0.717, 1.165) is 18.7 Å². The highest BCUT2D eigenvalue weighted by molar-refractivity contribution is 5.05. The van der Waals surface area contributed by atoms with Gasteiger partial charge in [-0.3, -0.25) is 0 Å². The molecule has 0 aliphatic heterocycles. The number of rotatable bonds is 3. The summed E-state index contributed by atoms with van der Waals surface area (Å²) >= 11 is 0. The molecule has 1 aromatic heterocycles. The molecule has 1 fully saturated rings. The van der Waals surface area contributed by atoms with Crippen molar-refractivity contribution >= 4 is 0 Å². The third-order valence-corrected chi connectivity index (χ3v) is 2.83. The Morgan fingerprint density at radius 2 is 2.46 bits per heavy atom. The standard InChI is InChI=1S/C9H15N3O/c1-3-12-8(5-10-11-12)9(13)7-4-6(7)2/h5-7,9,13H,3-4H2,1-2H3. The van der Waals surface area contributed by atoms with Crippen molar-refractivity contribution in [2.75, 3.05) is 0 Å². The molecule has 2 rings (SSSR count). The summed E-state index contributed by atoms with van der Waals surface area (Å²) < 4.78 is 1.76. The Kier molecular flexibility index (Phi) is 2.07. The Hall–Kier alpha value is -0.900. The molecule has 3 unspecified atom stereocenters. The summed E-state index contributed by atoms with van der Waals surface area (Å²) in [7, 11) is 0. The normalized spacial score (nSPS) is 28.8. The summed E-state index contributed by atoms with van der Waals surface area (Å²) in [4.78, 5) is 0. The van der Waals surface area contributed by atoms with Gasteiger partial charge in [0, 0.05) is 6.54 Å². The largest absolute Gasteiger partial charge is 0.386 e. The minimum absolute atomic E-state index is 0.370. The first-order valence-corrected chi connectivity index (χ1v) is 4.80. The van der Waals surface area contributed by atoms with Crippen molar-refractivity contribution in [3.63, 3.8) is 0 Å². The minimum Gasteiger partial charge on any atom is -0.386 e. The van der Waals surface area contributed by atoms with Crippen LogP contribution >= 0.6 is 0 Å². The first kappa shape index (κ1) is 8.69. The van der Waals surface area contributed by atoms with Crippen LogP contribution in [0.2, 0.25) is 0 Å². The van der Waals surface area contributed by atoms with E-state index in [2.05, 4.69) is 17.2 Å². The predicted molar refractivity (Wildman–Crippen MR) is 47.9 cm³/mol. The SMILES string of the molecule is CCn1nncc1C(O)C1CC1C. The van der Waals surface area contributed by atoms with E-state index in [4.69, 9.17) is 0 Å². The predicted octanol–water partition coefficient (Wildman–Crippen LogP) is 0.987. The highest BCUT2D eigenvalue weighted by Gasteiger charge is 2.40. The quantitative estimate of drug-likeness (QED) is 0.756. The van der Waals surface area contributed by atoms with E-state index in [1.807, 2.05) is 6.92 Å². The second kappa shape index (κ2) is 3.10. The second-order valence-electron chi connectivity index (χ2n) is 3.80. The lowest BCUT2D eigenvalue weighted by molar-refractivity contribution is 0.137. The smallest absolute Gasteiger partial charge is 0.100 e. The molecule has 0 amide bonds. The number of hydrogen-bond donors (Lipinski definition) is 1. The number of aryl methyl sites for hydroxylation is 1. The van der Waals surface area contributed by atoms with Gasteiger partial charge in [0.1, 0.15) is 6.10 Å². The zero-order valence-electron chi connectivity index (χ0n) is 8.01. The van der Waals surface area contributed by atoms with Gasteiger partial charge in [0.25, 0.3) is 0 Å². The Labute approximate surface area is 77.6 Å². The average molecular weight is 181 g/mol. The molecule has 0 saturated heterocycles. The molecule has 0 aromatic carbocycles. The van der Waals surface area contributed by atoms with Gasteiger partial charge in [-0.25, -0.2) is 4.68 Å². The molecule has 72 valence electrons. The number of aliphatic hydroxyl groups is 1. The van der Waals surface area contributed by atoms with Gasteiger partial charge in [-0.1, -0.05) is 12.1 Å². The summed E-state index contributed by atoms with van der Waals surface area (Å²) in [5, 5.41) is 17.6. The Morgan fingerprint density at radius 1 is 1.77 bits per heavy atom. The lowest BCUT2D eigenvalue weighted by Crippen LogP contribution is -2.09. The molecule has 1 saturated carbocycles. The van der Waals surface area contributed by atoms with Gasteiger partial charge >= 0.3 is 0 Å². The highest BCUT2D eigenvalue weighted by Crippen LogP contribution is 2.46. The van der Waals surface area contributed by atoms with Gasteiger partial charge in [0.15, 0.2) is 0 Å². The van der Waals surface area contributed by atoms with Crippen LogP contribution in [0, 0.1) is 11.8 Å². The highest BCUT2D eigenvalue weighted by atomic mass is 16.3. The molecule has 3 atom stereocenters. The van der Waals surface area contributed by atoms with Crippen LogP contribution in [0.3, 0.4) is 0 Å². The van der Waals surface area contributed by atoms with Gasteiger partial charge in [0.05, 0.1) is 11.9 Å². The Morgan fingerprint density at radius 3 is 3.00 bits per heavy atom. The van der Waals surface area contributed by atoms with Crippen LogP contribution in [0.1, 0.15) is 32.1 Å². The van der Waals surface area contributed by atoms with Crippen LogP contribution in [-0.2, 0) is 6.54 Å². The fourth-order valence-electron chi connectivity index (χ4n) is 1.75. The zero-order chi connectivity index (χ0) is 9.42. The zero-order valence-corrected chi connectivity index (χ0v) is 8.01. The molecule has 4 nitrogen and oxygen atoms in total. The van der Waals surface area contributed by atoms with E-state index in [9.17, 15) is 5.11 Å². The maximum absolute atomic E-state index is 9.93. The lowest BCUT2D eigenvalue weighted by atomic mass is 10.1. The first-order chi connectivity index (χ1) is 6.24. The fraction of sp³-hybridized carbons (Fsp3) is 0.778. The molecular weight excluding hydrogens is 166 g/mol. The topological polar surface area (TPSA) is 50.9 Å². The van der Waals surface area contributed by atoms with E-state index >= 15 is 0 Å². The summed E-state index contributed by atoms with van der Waals surface area (Å²) in [6.07, 6.45) is 2.42. The maximum Gasteiger partial charge on any atom is 0.100 e. The third-order valence-electron chi connectivity index (χ3n) is 2.83. The summed E-state index contributed by atoms with van der Waals surface area (Å²) in [6, 6.07) is 0. The number of aliphatic hydroxyl groups excluding tert-OH is 1. The van der Waals surface area contributed by atoms with Crippen LogP contribution in [0.5, 0.6) is 0 Å². The molecule has 0 spiro atoms. The Balaban J connectivity index is 2.15. The second-order valence-corrected chi connectivity index (χ2v) is 3.80. The van der Waals surface area contributed by atoms with E-state index in [1.165, 1.54) is 0 Å². The first-order valence-electron chi connectivity index (χ1n) is 4.80. The molecule has 13 heavy (non-hydrogen) atoms. The fourth-order valence-corrected chi connectivity index (χ4v) is 1.75. The molecule has 1 N–H and O–H groups in total. The van der Waals surface area contributed by atoms with Crippen LogP contribution in [0.15, 0.2) is 6.20 Å². The molecule has 1 aromatic rings. The molecular formula is C9H15N3O. The van der Waals surface area contributed by atoms with Crippen LogP contribution in [0.4, 0.5) is 0 Å². The van der Waals surface area contributed by atoms with Crippen molar-refractivity contribution < 1.29 is 5.11 Å². The van der Waals surface area contributed by atoms with Gasteiger partial charge in [-0.05, 0) is 25.2 Å². The number of aromatic nitrogens is 3. The van der Waals surface area contributed by atoms with Gasteiger partial charge in [-0.2, -0.15) is 0 Å². The van der Waals surface area contributed by atoms with Crippen molar-refractivity contribution in [1.29, 1.82) is 0 Å². The lowest BCUT2D eigenvalue weighted by Gasteiger charge is -2.09. The van der Waals surface area contributed by atoms with E-state index < -0.39 is 0 Å². The monoisotopic (exact) mass is 181 g/mol. The van der Waals surface area contributed by atoms with Crippen LogP contribution in [-0.4, -0.2) is 20.1 Å². The Bertz CT molecular complexity index is 297. The molecule has 1 heterocycles. The van der Waals surface area contributed by atoms with Crippen molar-refractivity contribution in [2.45, 2.75) is 32.9 Å². The van der Waals surface area contributed by atoms with E-state index in [0.29, 0.717) is 11.8 Å². The summed E-state index contributed by atoms with van der Waals surface area (Å²) in [5.74, 6) is 1.07. The summed E-state index contributed by atoms with van der Waals surface area (Å²) in [6.45, 7) is 4.93. The molecule has 0 radical (unpaired) electrons. The number of hydrogen-bond acceptors (Lipinski definition) is 3. The van der Waals surface area contributed by atoms with Crippen LogP contribution in [0.25, 0.3) is 0 Å². The minimum atomic E-state index is -0.370. The third kappa shape index (κ3) is 1.46. The molecule has 0 bridgehead atoms. The van der Waals surface area contributed by atoms with Gasteiger partial charge < -0.3 is 5.11 Å². The van der Waals surface area contributed by atoms with Gasteiger partial charge in [-0.15, -0.1) is 5.10 Å². The van der Waals surface area contributed by atoms with Crippen molar-refractivity contribution in [2.24, 2.45) is 11.8 Å². The van der Waals surface area contributed by atoms with E-state index in [1.54, 1.807) is 10.9 Å². The molecule has 1 aliphatic rings. The number of nitrogens with zero attached hydrogens (tertiary/aromatic N) is 3. The maximum atomic E-state index is 9.93. The molecule has 1 aliphatic carbocycles. The average Bonchev–Trinajstić information content (AvgIpc) is 2.70. The van der Waals surface area contributed by atoms with Crippen molar-refractivity contribution in [3.8, 4) is 0 Å². The molecule has 4 heteroatoms. The summed E-state index contributed by atoms with van der Waals surface area (Å²) in [5.41, 5.74) is 0.858. The van der Waals surface area contributed by atoms with Crippen molar-refractivity contribution in [1.82, 2.24) is 15.0 Å². The van der Waals surface area contributed by atoms with Gasteiger partial charge in [0.2, 0.25) is 0 Å². The van der Waals surface area contributed by atoms with Crippen molar-refractivity contribution in [3.05, 3.63) is 11.9 Å². The van der Waals surface area contributed by atoms with E-state index in [-0.39, 0.29) is 6.10 Å².